The van der Waals surface area contributed by atoms with E-state index in [0.29, 0.717) is 0 Å². The number of hydrogen-bond donors (Lipinski definition) is 1. The molecule has 1 fully saturated rings. The molecule has 3 heteroatoms. The number of piperidine rings is 1. The molecule has 3 aromatic carbocycles. The minimum absolute atomic E-state index is 0.105. The number of nitrogens with zero attached hydrogens (tertiary/aromatic N) is 1. The van der Waals surface area contributed by atoms with Crippen LogP contribution in [-0.2, 0) is 17.8 Å². The first kappa shape index (κ1) is 18.7. The molecular formula is C25H28N2O. The number of para-hydroxylation sites is 1. The van der Waals surface area contributed by atoms with Crippen molar-refractivity contribution in [2.24, 2.45) is 5.92 Å². The Morgan fingerprint density at radius 1 is 0.929 bits per heavy atom. The van der Waals surface area contributed by atoms with E-state index in [0.717, 1.165) is 44.6 Å². The number of nitrogens with one attached hydrogen (secondary N) is 1. The Morgan fingerprint density at radius 2 is 1.61 bits per heavy atom. The number of carbonyl (C=O) groups is 1. The summed E-state index contributed by atoms with van der Waals surface area (Å²) >= 11 is 0. The van der Waals surface area contributed by atoms with Gasteiger partial charge >= 0.3 is 0 Å². The third kappa shape index (κ3) is 4.10. The van der Waals surface area contributed by atoms with Gasteiger partial charge in [0.15, 0.2) is 0 Å². The lowest BCUT2D eigenvalue weighted by Crippen LogP contribution is -2.37. The van der Waals surface area contributed by atoms with Crippen molar-refractivity contribution in [1.82, 2.24) is 4.90 Å². The fourth-order valence-corrected chi connectivity index (χ4v) is 4.21. The summed E-state index contributed by atoms with van der Waals surface area (Å²) in [5.74, 6) is 0.277. The molecular weight excluding hydrogens is 344 g/mol. The fraction of sp³-hybridized carbons (Fsp3) is 0.320. The van der Waals surface area contributed by atoms with Crippen molar-refractivity contribution in [2.75, 3.05) is 18.4 Å². The van der Waals surface area contributed by atoms with E-state index in [2.05, 4.69) is 65.7 Å². The van der Waals surface area contributed by atoms with E-state index in [1.165, 1.54) is 21.9 Å². The second-order valence-electron chi connectivity index (χ2n) is 7.69. The maximum Gasteiger partial charge on any atom is 0.227 e. The van der Waals surface area contributed by atoms with Crippen LogP contribution in [0.2, 0.25) is 0 Å². The second kappa shape index (κ2) is 8.57. The first-order valence-electron chi connectivity index (χ1n) is 10.3. The van der Waals surface area contributed by atoms with Crippen molar-refractivity contribution in [2.45, 2.75) is 32.7 Å². The summed E-state index contributed by atoms with van der Waals surface area (Å²) in [5, 5.41) is 5.79. The summed E-state index contributed by atoms with van der Waals surface area (Å²) in [7, 11) is 0. The van der Waals surface area contributed by atoms with E-state index < -0.39 is 0 Å². The molecule has 0 radical (unpaired) electrons. The third-order valence-electron chi connectivity index (χ3n) is 5.89. The largest absolute Gasteiger partial charge is 0.326 e. The quantitative estimate of drug-likeness (QED) is 0.663. The predicted octanol–water partition coefficient (Wildman–Crippen LogP) is 5.25. The lowest BCUT2D eigenvalue weighted by molar-refractivity contribution is -0.121. The van der Waals surface area contributed by atoms with Gasteiger partial charge in [0, 0.05) is 18.2 Å². The van der Waals surface area contributed by atoms with Crippen LogP contribution in [0.3, 0.4) is 0 Å². The Balaban J connectivity index is 1.36. The Bertz CT molecular complexity index is 952. The number of aryl methyl sites for hydroxylation is 1. The van der Waals surface area contributed by atoms with Gasteiger partial charge in [-0.1, -0.05) is 67.6 Å². The lowest BCUT2D eigenvalue weighted by atomic mass is 9.94. The van der Waals surface area contributed by atoms with Crippen molar-refractivity contribution in [3.63, 3.8) is 0 Å². The van der Waals surface area contributed by atoms with Gasteiger partial charge in [-0.3, -0.25) is 9.69 Å². The number of likely N-dealkylation sites (tertiary alicyclic amines) is 1. The van der Waals surface area contributed by atoms with Gasteiger partial charge < -0.3 is 5.32 Å². The molecule has 0 unspecified atom stereocenters. The molecule has 1 aliphatic heterocycles. The van der Waals surface area contributed by atoms with Gasteiger partial charge in [0.25, 0.3) is 0 Å². The summed E-state index contributed by atoms with van der Waals surface area (Å²) in [6, 6.07) is 23.2. The van der Waals surface area contributed by atoms with Crippen molar-refractivity contribution < 1.29 is 4.79 Å². The molecule has 28 heavy (non-hydrogen) atoms. The molecule has 1 N–H and O–H groups in total. The van der Waals surface area contributed by atoms with Gasteiger partial charge in [0.05, 0.1) is 0 Å². The summed E-state index contributed by atoms with van der Waals surface area (Å²) < 4.78 is 0. The van der Waals surface area contributed by atoms with Gasteiger partial charge in [0.2, 0.25) is 5.91 Å². The molecule has 0 aliphatic carbocycles. The number of hydrogen-bond acceptors (Lipinski definition) is 2. The molecule has 3 nitrogen and oxygen atoms in total. The predicted molar refractivity (Wildman–Crippen MR) is 116 cm³/mol. The summed E-state index contributed by atoms with van der Waals surface area (Å²) in [6.45, 7) is 5.01. The van der Waals surface area contributed by atoms with Crippen LogP contribution < -0.4 is 5.32 Å². The molecule has 4 rings (SSSR count). The number of rotatable bonds is 5. The molecule has 1 saturated heterocycles. The third-order valence-corrected chi connectivity index (χ3v) is 5.89. The first-order valence-corrected chi connectivity index (χ1v) is 10.3. The molecule has 0 aromatic heterocycles. The Morgan fingerprint density at radius 3 is 2.43 bits per heavy atom. The topological polar surface area (TPSA) is 32.3 Å². The molecule has 0 bridgehead atoms. The molecule has 3 aromatic rings. The summed E-state index contributed by atoms with van der Waals surface area (Å²) in [5.41, 5.74) is 3.54. The van der Waals surface area contributed by atoms with Crippen LogP contribution in [0.25, 0.3) is 10.8 Å². The molecule has 1 aliphatic rings. The smallest absolute Gasteiger partial charge is 0.227 e. The van der Waals surface area contributed by atoms with Crippen LogP contribution in [0.1, 0.15) is 30.9 Å². The van der Waals surface area contributed by atoms with Crippen LogP contribution >= 0.6 is 0 Å². The highest BCUT2D eigenvalue weighted by Gasteiger charge is 2.25. The van der Waals surface area contributed by atoms with E-state index in [4.69, 9.17) is 0 Å². The van der Waals surface area contributed by atoms with Gasteiger partial charge in [0.1, 0.15) is 0 Å². The summed E-state index contributed by atoms with van der Waals surface area (Å²) in [4.78, 5) is 15.2. The van der Waals surface area contributed by atoms with Crippen molar-refractivity contribution in [1.29, 1.82) is 0 Å². The number of anilines is 1. The number of carbonyl (C=O) groups excluding carboxylic acids is 1. The SMILES string of the molecule is CCc1ccccc1NC(=O)C1CCN(Cc2cccc3ccccc23)CC1. The second-order valence-corrected chi connectivity index (χ2v) is 7.69. The molecule has 144 valence electrons. The van der Waals surface area contributed by atoms with E-state index in [1.54, 1.807) is 0 Å². The van der Waals surface area contributed by atoms with Crippen LogP contribution in [0.4, 0.5) is 5.69 Å². The van der Waals surface area contributed by atoms with Crippen LogP contribution in [0.5, 0.6) is 0 Å². The van der Waals surface area contributed by atoms with E-state index in [-0.39, 0.29) is 11.8 Å². The van der Waals surface area contributed by atoms with Crippen LogP contribution in [-0.4, -0.2) is 23.9 Å². The van der Waals surface area contributed by atoms with Crippen LogP contribution in [0, 0.1) is 5.92 Å². The van der Waals surface area contributed by atoms with Crippen molar-refractivity contribution in [3.8, 4) is 0 Å². The summed E-state index contributed by atoms with van der Waals surface area (Å²) in [6.07, 6.45) is 2.77. The zero-order chi connectivity index (χ0) is 19.3. The van der Waals surface area contributed by atoms with Gasteiger partial charge in [-0.05, 0) is 60.3 Å². The van der Waals surface area contributed by atoms with Crippen LogP contribution in [0.15, 0.2) is 66.7 Å². The molecule has 0 spiro atoms. The Kier molecular flexibility index (Phi) is 5.73. The molecule has 0 atom stereocenters. The van der Waals surface area contributed by atoms with Gasteiger partial charge in [-0.25, -0.2) is 0 Å². The average Bonchev–Trinajstić information content (AvgIpc) is 2.75. The van der Waals surface area contributed by atoms with E-state index in [1.807, 2.05) is 18.2 Å². The Hall–Kier alpha value is -2.65. The maximum absolute atomic E-state index is 12.7. The monoisotopic (exact) mass is 372 g/mol. The minimum Gasteiger partial charge on any atom is -0.326 e. The zero-order valence-electron chi connectivity index (χ0n) is 16.5. The highest BCUT2D eigenvalue weighted by atomic mass is 16.1. The Labute approximate surface area is 167 Å². The van der Waals surface area contributed by atoms with Gasteiger partial charge in [-0.2, -0.15) is 0 Å². The number of benzene rings is 3. The standard InChI is InChI=1S/C25H28N2O/c1-2-19-8-4-6-13-24(19)26-25(28)21-14-16-27(17-15-21)18-22-11-7-10-20-9-3-5-12-23(20)22/h3-13,21H,2,14-18H2,1H3,(H,26,28). The minimum atomic E-state index is 0.105. The number of amides is 1. The fourth-order valence-electron chi connectivity index (χ4n) is 4.21. The average molecular weight is 373 g/mol. The van der Waals surface area contributed by atoms with Gasteiger partial charge in [-0.15, -0.1) is 0 Å². The highest BCUT2D eigenvalue weighted by molar-refractivity contribution is 5.93. The molecule has 0 saturated carbocycles. The zero-order valence-corrected chi connectivity index (χ0v) is 16.5. The van der Waals surface area contributed by atoms with E-state index >= 15 is 0 Å². The van der Waals surface area contributed by atoms with Crippen molar-refractivity contribution in [3.05, 3.63) is 77.9 Å². The van der Waals surface area contributed by atoms with Crippen molar-refractivity contribution >= 4 is 22.4 Å². The normalized spacial score (nSPS) is 15.6. The maximum atomic E-state index is 12.7. The molecule has 1 heterocycles. The lowest BCUT2D eigenvalue weighted by Gasteiger charge is -2.31. The number of fused-ring (bicyclic) bond motifs is 1. The van der Waals surface area contributed by atoms with E-state index in [9.17, 15) is 4.79 Å². The highest BCUT2D eigenvalue weighted by Crippen LogP contribution is 2.25. The first-order chi connectivity index (χ1) is 13.7. The molecule has 1 amide bonds.